The van der Waals surface area contributed by atoms with Crippen molar-refractivity contribution in [2.24, 2.45) is 5.92 Å². The minimum atomic E-state index is -0.827. The highest BCUT2D eigenvalue weighted by molar-refractivity contribution is 14.1. The van der Waals surface area contributed by atoms with Gasteiger partial charge in [-0.3, -0.25) is 4.79 Å². The minimum absolute atomic E-state index is 0.0251. The fourth-order valence-corrected chi connectivity index (χ4v) is 2.70. The van der Waals surface area contributed by atoms with E-state index >= 15 is 0 Å². The molecular weight excluding hydrogens is 351 g/mol. The number of rotatable bonds is 4. The molecule has 0 fully saturated rings. The molecule has 1 N–H and O–H groups in total. The molecule has 5 heteroatoms. The minimum Gasteiger partial charge on any atom is -0.348 e. The summed E-state index contributed by atoms with van der Waals surface area (Å²) < 4.78 is 27.4. The second kappa shape index (κ2) is 6.45. The van der Waals surface area contributed by atoms with Crippen LogP contribution in [0.1, 0.15) is 29.8 Å². The van der Waals surface area contributed by atoms with Crippen LogP contribution in [0.15, 0.2) is 12.1 Å². The Bertz CT molecular complexity index is 449. The number of carbonyl (C=O) groups excluding carboxylic acids is 1. The maximum atomic E-state index is 13.5. The summed E-state index contributed by atoms with van der Waals surface area (Å²) in [7, 11) is 0. The van der Waals surface area contributed by atoms with Gasteiger partial charge in [0.2, 0.25) is 0 Å². The van der Waals surface area contributed by atoms with E-state index in [4.69, 9.17) is 0 Å². The molecule has 1 amide bonds. The molecule has 0 spiro atoms. The highest BCUT2D eigenvalue weighted by Gasteiger charge is 2.19. The van der Waals surface area contributed by atoms with Gasteiger partial charge in [-0.1, -0.05) is 36.4 Å². The van der Waals surface area contributed by atoms with E-state index < -0.39 is 17.5 Å². The molecular formula is C13H16F2INO. The van der Waals surface area contributed by atoms with Crippen molar-refractivity contribution < 1.29 is 13.6 Å². The van der Waals surface area contributed by atoms with Crippen LogP contribution in [0.4, 0.5) is 8.78 Å². The average Bonchev–Trinajstić information content (AvgIpc) is 2.29. The van der Waals surface area contributed by atoms with Crippen molar-refractivity contribution in [1.82, 2.24) is 5.32 Å². The number of alkyl halides is 1. The van der Waals surface area contributed by atoms with Gasteiger partial charge in [0.25, 0.3) is 5.91 Å². The Balaban J connectivity index is 2.94. The summed E-state index contributed by atoms with van der Waals surface area (Å²) in [5, 5.41) is 2.76. The molecule has 1 aromatic rings. The van der Waals surface area contributed by atoms with Crippen molar-refractivity contribution in [1.29, 1.82) is 0 Å². The van der Waals surface area contributed by atoms with Crippen LogP contribution in [0.3, 0.4) is 0 Å². The first-order valence-electron chi connectivity index (χ1n) is 5.69. The summed E-state index contributed by atoms with van der Waals surface area (Å²) in [5.41, 5.74) is 0.154. The lowest BCUT2D eigenvalue weighted by atomic mass is 10.0. The maximum Gasteiger partial charge on any atom is 0.254 e. The van der Waals surface area contributed by atoms with Crippen LogP contribution in [-0.4, -0.2) is 16.4 Å². The van der Waals surface area contributed by atoms with Crippen LogP contribution in [0, 0.1) is 24.5 Å². The number of halogens is 3. The zero-order chi connectivity index (χ0) is 13.9. The molecule has 0 aromatic heterocycles. The highest BCUT2D eigenvalue weighted by atomic mass is 127. The van der Waals surface area contributed by atoms with Gasteiger partial charge in [0.05, 0.1) is 5.56 Å². The number of benzene rings is 1. The van der Waals surface area contributed by atoms with Crippen molar-refractivity contribution in [2.75, 3.05) is 4.43 Å². The first-order valence-corrected chi connectivity index (χ1v) is 7.21. The quantitative estimate of drug-likeness (QED) is 0.641. The third-order valence-electron chi connectivity index (χ3n) is 2.78. The van der Waals surface area contributed by atoms with Gasteiger partial charge in [-0.25, -0.2) is 8.78 Å². The fourth-order valence-electron chi connectivity index (χ4n) is 1.46. The molecule has 1 rings (SSSR count). The summed E-state index contributed by atoms with van der Waals surface area (Å²) in [6, 6.07) is 1.96. The van der Waals surface area contributed by atoms with Crippen molar-refractivity contribution in [3.8, 4) is 0 Å². The van der Waals surface area contributed by atoms with E-state index in [1.807, 2.05) is 13.8 Å². The molecule has 1 aromatic carbocycles. The van der Waals surface area contributed by atoms with E-state index in [0.29, 0.717) is 0 Å². The number of nitrogens with one attached hydrogen (secondary N) is 1. The van der Waals surface area contributed by atoms with Crippen LogP contribution in [0.2, 0.25) is 0 Å². The number of hydrogen-bond acceptors (Lipinski definition) is 1. The summed E-state index contributed by atoms with van der Waals surface area (Å²) in [6.07, 6.45) is 0. The van der Waals surface area contributed by atoms with Crippen molar-refractivity contribution in [3.63, 3.8) is 0 Å². The molecule has 0 saturated heterocycles. The van der Waals surface area contributed by atoms with Crippen LogP contribution in [0.5, 0.6) is 0 Å². The second-order valence-electron chi connectivity index (χ2n) is 4.56. The predicted octanol–water partition coefficient (Wildman–Crippen LogP) is 3.46. The van der Waals surface area contributed by atoms with Gasteiger partial charge in [-0.15, -0.1) is 0 Å². The van der Waals surface area contributed by atoms with Crippen molar-refractivity contribution in [2.45, 2.75) is 26.8 Å². The third kappa shape index (κ3) is 3.63. The molecule has 0 heterocycles. The van der Waals surface area contributed by atoms with Crippen molar-refractivity contribution >= 4 is 28.5 Å². The molecule has 18 heavy (non-hydrogen) atoms. The Morgan fingerprint density at radius 2 is 1.94 bits per heavy atom. The Morgan fingerprint density at radius 1 is 1.33 bits per heavy atom. The Labute approximate surface area is 119 Å². The van der Waals surface area contributed by atoms with Crippen LogP contribution < -0.4 is 5.32 Å². The van der Waals surface area contributed by atoms with Gasteiger partial charge in [-0.2, -0.15) is 0 Å². The topological polar surface area (TPSA) is 29.1 Å². The monoisotopic (exact) mass is 367 g/mol. The van der Waals surface area contributed by atoms with Crippen molar-refractivity contribution in [3.05, 3.63) is 34.9 Å². The zero-order valence-electron chi connectivity index (χ0n) is 10.6. The molecule has 0 radical (unpaired) electrons. The van der Waals surface area contributed by atoms with Crippen LogP contribution in [0.25, 0.3) is 0 Å². The van der Waals surface area contributed by atoms with Gasteiger partial charge in [0.1, 0.15) is 11.6 Å². The largest absolute Gasteiger partial charge is 0.348 e. The lowest BCUT2D eigenvalue weighted by Crippen LogP contribution is -2.40. The fraction of sp³-hybridized carbons (Fsp3) is 0.462. The first-order chi connectivity index (χ1) is 8.36. The Hall–Kier alpha value is -0.720. The molecule has 0 aliphatic carbocycles. The Kier molecular flexibility index (Phi) is 5.49. The standard InChI is InChI=1S/C13H16F2INO/c1-7(2)12(6-16)17-13(18)9-4-8(3)10(14)5-11(9)15/h4-5,7,12H,6H2,1-3H3,(H,17,18). The van der Waals surface area contributed by atoms with E-state index in [0.717, 1.165) is 10.5 Å². The number of carbonyl (C=O) groups is 1. The molecule has 0 bridgehead atoms. The average molecular weight is 367 g/mol. The smallest absolute Gasteiger partial charge is 0.254 e. The number of amides is 1. The Morgan fingerprint density at radius 3 is 2.44 bits per heavy atom. The predicted molar refractivity (Wildman–Crippen MR) is 76.1 cm³/mol. The van der Waals surface area contributed by atoms with E-state index in [-0.39, 0.29) is 23.1 Å². The first kappa shape index (κ1) is 15.3. The normalized spacial score (nSPS) is 12.6. The highest BCUT2D eigenvalue weighted by Crippen LogP contribution is 2.15. The van der Waals surface area contributed by atoms with Gasteiger partial charge in [0, 0.05) is 16.5 Å². The summed E-state index contributed by atoms with van der Waals surface area (Å²) >= 11 is 2.17. The maximum absolute atomic E-state index is 13.5. The molecule has 0 aliphatic rings. The van der Waals surface area contributed by atoms with Gasteiger partial charge < -0.3 is 5.32 Å². The van der Waals surface area contributed by atoms with Gasteiger partial charge >= 0.3 is 0 Å². The van der Waals surface area contributed by atoms with E-state index in [1.165, 1.54) is 13.0 Å². The van der Waals surface area contributed by atoms with Crippen LogP contribution >= 0.6 is 22.6 Å². The molecule has 1 atom stereocenters. The third-order valence-corrected chi connectivity index (χ3v) is 3.73. The SMILES string of the molecule is Cc1cc(C(=O)NC(CI)C(C)C)c(F)cc1F. The summed E-state index contributed by atoms with van der Waals surface area (Å²) in [6.45, 7) is 5.47. The molecule has 1 unspecified atom stereocenters. The van der Waals surface area contributed by atoms with E-state index in [2.05, 4.69) is 27.9 Å². The zero-order valence-corrected chi connectivity index (χ0v) is 12.7. The van der Waals surface area contributed by atoms with E-state index in [9.17, 15) is 13.6 Å². The van der Waals surface area contributed by atoms with Crippen LogP contribution in [-0.2, 0) is 0 Å². The van der Waals surface area contributed by atoms with E-state index in [1.54, 1.807) is 0 Å². The number of aryl methyl sites for hydroxylation is 1. The lowest BCUT2D eigenvalue weighted by molar-refractivity contribution is 0.0928. The lowest BCUT2D eigenvalue weighted by Gasteiger charge is -2.20. The summed E-state index contributed by atoms with van der Waals surface area (Å²) in [5.74, 6) is -1.70. The van der Waals surface area contributed by atoms with Gasteiger partial charge in [0.15, 0.2) is 0 Å². The summed E-state index contributed by atoms with van der Waals surface area (Å²) in [4.78, 5) is 11.9. The molecule has 0 aliphatic heterocycles. The number of hydrogen-bond donors (Lipinski definition) is 1. The molecule has 2 nitrogen and oxygen atoms in total. The van der Waals surface area contributed by atoms with Gasteiger partial charge in [-0.05, 0) is 24.5 Å². The molecule has 100 valence electrons. The molecule has 0 saturated carbocycles. The second-order valence-corrected chi connectivity index (χ2v) is 5.44.